The predicted octanol–water partition coefficient (Wildman–Crippen LogP) is 1.46. The molecule has 1 unspecified atom stereocenters. The van der Waals surface area contributed by atoms with E-state index in [1.54, 1.807) is 6.07 Å². The van der Waals surface area contributed by atoms with Crippen molar-refractivity contribution in [2.45, 2.75) is 25.8 Å². The zero-order chi connectivity index (χ0) is 14.4. The second kappa shape index (κ2) is 6.75. The van der Waals surface area contributed by atoms with Crippen LogP contribution < -0.4 is 15.8 Å². The number of hydrogen-bond donors (Lipinski definition) is 3. The van der Waals surface area contributed by atoms with E-state index < -0.39 is 5.97 Å². The fourth-order valence-electron chi connectivity index (χ4n) is 1.51. The summed E-state index contributed by atoms with van der Waals surface area (Å²) < 4.78 is 4.95. The molecule has 1 amide bonds. The molecule has 0 aliphatic rings. The Bertz CT molecular complexity index is 472. The Balaban J connectivity index is 2.82. The lowest BCUT2D eigenvalue weighted by atomic mass is 10.1. The van der Waals surface area contributed by atoms with Gasteiger partial charge >= 0.3 is 5.97 Å². The third-order valence-corrected chi connectivity index (χ3v) is 2.56. The maximum atomic E-state index is 11.7. The number of ether oxygens (including phenoxy) is 1. The maximum absolute atomic E-state index is 11.7. The van der Waals surface area contributed by atoms with Gasteiger partial charge in [0, 0.05) is 12.5 Å². The van der Waals surface area contributed by atoms with Gasteiger partial charge in [0.1, 0.15) is 5.75 Å². The van der Waals surface area contributed by atoms with E-state index in [1.165, 1.54) is 19.2 Å². The molecule has 6 nitrogen and oxygen atoms in total. The van der Waals surface area contributed by atoms with E-state index in [9.17, 15) is 9.59 Å². The van der Waals surface area contributed by atoms with E-state index in [-0.39, 0.29) is 29.6 Å². The van der Waals surface area contributed by atoms with Gasteiger partial charge in [0.25, 0.3) is 0 Å². The van der Waals surface area contributed by atoms with Crippen LogP contribution in [0.5, 0.6) is 5.75 Å². The molecule has 0 aliphatic carbocycles. The zero-order valence-electron chi connectivity index (χ0n) is 11.0. The number of methoxy groups -OCH3 is 1. The van der Waals surface area contributed by atoms with E-state index in [1.807, 2.05) is 6.92 Å². The Kier molecular flexibility index (Phi) is 5.32. The Hall–Kier alpha value is -2.08. The highest BCUT2D eigenvalue weighted by molar-refractivity contribution is 6.00. The SMILES string of the molecule is COc1ccc(NC(=O)CCC(C)N)c(C(=O)O)c1. The summed E-state index contributed by atoms with van der Waals surface area (Å²) in [5.74, 6) is -0.961. The zero-order valence-corrected chi connectivity index (χ0v) is 11.0. The molecule has 0 aliphatic heterocycles. The predicted molar refractivity (Wildman–Crippen MR) is 71.5 cm³/mol. The molecular formula is C13H18N2O4. The first-order chi connectivity index (χ1) is 8.93. The number of carbonyl (C=O) groups excluding carboxylic acids is 1. The minimum absolute atomic E-state index is 0.00602. The Labute approximate surface area is 111 Å². The van der Waals surface area contributed by atoms with Crippen molar-refractivity contribution in [1.82, 2.24) is 0 Å². The molecule has 0 bridgehead atoms. The number of anilines is 1. The van der Waals surface area contributed by atoms with Gasteiger partial charge in [0.2, 0.25) is 5.91 Å². The number of nitrogens with one attached hydrogen (secondary N) is 1. The van der Waals surface area contributed by atoms with E-state index in [4.69, 9.17) is 15.6 Å². The molecule has 0 spiro atoms. The van der Waals surface area contributed by atoms with Crippen molar-refractivity contribution in [3.05, 3.63) is 23.8 Å². The second-order valence-electron chi connectivity index (χ2n) is 4.28. The fraction of sp³-hybridized carbons (Fsp3) is 0.385. The molecular weight excluding hydrogens is 248 g/mol. The summed E-state index contributed by atoms with van der Waals surface area (Å²) in [4.78, 5) is 22.8. The summed E-state index contributed by atoms with van der Waals surface area (Å²) in [5, 5.41) is 11.7. The Morgan fingerprint density at radius 2 is 2.16 bits per heavy atom. The first-order valence-corrected chi connectivity index (χ1v) is 5.90. The van der Waals surface area contributed by atoms with Gasteiger partial charge in [0.05, 0.1) is 18.4 Å². The van der Waals surface area contributed by atoms with Crippen LogP contribution in [0.1, 0.15) is 30.1 Å². The topological polar surface area (TPSA) is 102 Å². The van der Waals surface area contributed by atoms with Crippen LogP contribution in [0.3, 0.4) is 0 Å². The van der Waals surface area contributed by atoms with Gasteiger partial charge in [-0.3, -0.25) is 4.79 Å². The lowest BCUT2D eigenvalue weighted by Crippen LogP contribution is -2.20. The third kappa shape index (κ3) is 4.59. The average molecular weight is 266 g/mol. The molecule has 0 saturated carbocycles. The van der Waals surface area contributed by atoms with Crippen LogP contribution in [0, 0.1) is 0 Å². The number of aromatic carboxylic acids is 1. The maximum Gasteiger partial charge on any atom is 0.337 e. The highest BCUT2D eigenvalue weighted by Crippen LogP contribution is 2.22. The van der Waals surface area contributed by atoms with Crippen LogP contribution in [0.15, 0.2) is 18.2 Å². The van der Waals surface area contributed by atoms with Crippen molar-refractivity contribution < 1.29 is 19.4 Å². The summed E-state index contributed by atoms with van der Waals surface area (Å²) in [7, 11) is 1.45. The molecule has 6 heteroatoms. The number of amides is 1. The number of carboxylic acid groups (broad SMARTS) is 1. The van der Waals surface area contributed by atoms with E-state index >= 15 is 0 Å². The lowest BCUT2D eigenvalue weighted by molar-refractivity contribution is -0.116. The van der Waals surface area contributed by atoms with E-state index in [0.29, 0.717) is 12.2 Å². The monoisotopic (exact) mass is 266 g/mol. The molecule has 0 heterocycles. The van der Waals surface area contributed by atoms with E-state index in [2.05, 4.69) is 5.32 Å². The lowest BCUT2D eigenvalue weighted by Gasteiger charge is -2.10. The third-order valence-electron chi connectivity index (χ3n) is 2.56. The van der Waals surface area contributed by atoms with Gasteiger partial charge in [0.15, 0.2) is 0 Å². The van der Waals surface area contributed by atoms with Crippen molar-refractivity contribution in [3.8, 4) is 5.75 Å². The standard InChI is InChI=1S/C13H18N2O4/c1-8(14)3-6-12(16)15-11-5-4-9(19-2)7-10(11)13(17)18/h4-5,7-8H,3,6,14H2,1-2H3,(H,15,16)(H,17,18). The molecule has 1 aromatic rings. The van der Waals surface area contributed by atoms with Crippen molar-refractivity contribution in [1.29, 1.82) is 0 Å². The number of nitrogens with two attached hydrogens (primary N) is 1. The van der Waals surface area contributed by atoms with Crippen LogP contribution in [-0.4, -0.2) is 30.1 Å². The van der Waals surface area contributed by atoms with Crippen molar-refractivity contribution in [3.63, 3.8) is 0 Å². The van der Waals surface area contributed by atoms with Gasteiger partial charge in [-0.05, 0) is 31.5 Å². The number of benzene rings is 1. The number of carbonyl (C=O) groups is 2. The van der Waals surface area contributed by atoms with Gasteiger partial charge in [-0.25, -0.2) is 4.79 Å². The van der Waals surface area contributed by atoms with Gasteiger partial charge in [-0.1, -0.05) is 0 Å². The second-order valence-corrected chi connectivity index (χ2v) is 4.28. The molecule has 1 rings (SSSR count). The number of carboxylic acids is 1. The Morgan fingerprint density at radius 1 is 1.47 bits per heavy atom. The van der Waals surface area contributed by atoms with Crippen LogP contribution in [0.2, 0.25) is 0 Å². The molecule has 4 N–H and O–H groups in total. The van der Waals surface area contributed by atoms with Crippen molar-refractivity contribution >= 4 is 17.6 Å². The largest absolute Gasteiger partial charge is 0.497 e. The number of rotatable bonds is 6. The summed E-state index contributed by atoms with van der Waals surface area (Å²) in [6, 6.07) is 4.39. The first-order valence-electron chi connectivity index (χ1n) is 5.90. The Morgan fingerprint density at radius 3 is 2.68 bits per heavy atom. The molecule has 0 saturated heterocycles. The molecule has 0 aromatic heterocycles. The highest BCUT2D eigenvalue weighted by Gasteiger charge is 2.14. The molecule has 0 fully saturated rings. The number of hydrogen-bond acceptors (Lipinski definition) is 4. The molecule has 19 heavy (non-hydrogen) atoms. The smallest absolute Gasteiger partial charge is 0.337 e. The quantitative estimate of drug-likeness (QED) is 0.723. The summed E-state index contributed by atoms with van der Waals surface area (Å²) in [6.07, 6.45) is 0.799. The molecule has 1 aromatic carbocycles. The van der Waals surface area contributed by atoms with Crippen molar-refractivity contribution in [2.24, 2.45) is 5.73 Å². The van der Waals surface area contributed by atoms with Gasteiger partial charge < -0.3 is 20.9 Å². The van der Waals surface area contributed by atoms with Crippen LogP contribution in [-0.2, 0) is 4.79 Å². The van der Waals surface area contributed by atoms with E-state index in [0.717, 1.165) is 0 Å². The fourth-order valence-corrected chi connectivity index (χ4v) is 1.51. The summed E-state index contributed by atoms with van der Waals surface area (Å²) in [5.41, 5.74) is 5.81. The first kappa shape index (κ1) is 15.0. The molecule has 104 valence electrons. The van der Waals surface area contributed by atoms with Crippen LogP contribution in [0.4, 0.5) is 5.69 Å². The summed E-state index contributed by atoms with van der Waals surface area (Å²) >= 11 is 0. The van der Waals surface area contributed by atoms with Crippen molar-refractivity contribution in [2.75, 3.05) is 12.4 Å². The molecule has 0 radical (unpaired) electrons. The van der Waals surface area contributed by atoms with Crippen LogP contribution >= 0.6 is 0 Å². The van der Waals surface area contributed by atoms with Gasteiger partial charge in [-0.2, -0.15) is 0 Å². The highest BCUT2D eigenvalue weighted by atomic mass is 16.5. The minimum atomic E-state index is -1.12. The minimum Gasteiger partial charge on any atom is -0.497 e. The molecule has 1 atom stereocenters. The van der Waals surface area contributed by atoms with Gasteiger partial charge in [-0.15, -0.1) is 0 Å². The van der Waals surface area contributed by atoms with Crippen LogP contribution in [0.25, 0.3) is 0 Å². The summed E-state index contributed by atoms with van der Waals surface area (Å²) in [6.45, 7) is 1.81. The normalized spacial score (nSPS) is 11.7. The average Bonchev–Trinajstić information content (AvgIpc) is 2.36.